The molecule has 1 aromatic heterocycles. The van der Waals surface area contributed by atoms with Crippen molar-refractivity contribution in [3.63, 3.8) is 0 Å². The van der Waals surface area contributed by atoms with Crippen molar-refractivity contribution in [1.29, 1.82) is 0 Å². The molecule has 30 heavy (non-hydrogen) atoms. The van der Waals surface area contributed by atoms with Gasteiger partial charge in [-0.25, -0.2) is 9.97 Å². The Morgan fingerprint density at radius 2 is 1.73 bits per heavy atom. The Morgan fingerprint density at radius 3 is 2.43 bits per heavy atom. The summed E-state index contributed by atoms with van der Waals surface area (Å²) < 4.78 is 0. The van der Waals surface area contributed by atoms with Crippen molar-refractivity contribution in [1.82, 2.24) is 20.2 Å². The summed E-state index contributed by atoms with van der Waals surface area (Å²) in [4.78, 5) is 28.6. The lowest BCUT2D eigenvalue weighted by molar-refractivity contribution is -0.125. The van der Waals surface area contributed by atoms with Gasteiger partial charge in [-0.3, -0.25) is 4.79 Å². The summed E-state index contributed by atoms with van der Waals surface area (Å²) in [5, 5.41) is 3.11. The highest BCUT2D eigenvalue weighted by Crippen LogP contribution is 2.30. The number of hydrogen-bond donors (Lipinski definition) is 1. The second kappa shape index (κ2) is 9.43. The Morgan fingerprint density at radius 1 is 1.03 bits per heavy atom. The van der Waals surface area contributed by atoms with E-state index in [0.717, 1.165) is 69.2 Å². The molecule has 2 aliphatic rings. The molecule has 0 unspecified atom stereocenters. The van der Waals surface area contributed by atoms with E-state index in [1.165, 1.54) is 5.56 Å². The summed E-state index contributed by atoms with van der Waals surface area (Å²) in [5.74, 6) is 1.27. The molecule has 1 aromatic carbocycles. The van der Waals surface area contributed by atoms with Gasteiger partial charge in [0.2, 0.25) is 5.91 Å². The zero-order chi connectivity index (χ0) is 20.9. The number of nitrogens with zero attached hydrogens (tertiary/aromatic N) is 5. The first kappa shape index (κ1) is 20.6. The topological polar surface area (TPSA) is 64.6 Å². The third-order valence-electron chi connectivity index (χ3n) is 6.27. The maximum Gasteiger partial charge on any atom is 0.223 e. The zero-order valence-corrected chi connectivity index (χ0v) is 18.0. The number of likely N-dealkylation sites (N-methyl/N-ethyl adjacent to an activating group) is 1. The SMILES string of the molecule is Cc1ccc(CNC(=O)C2CCN(c3cncnc3N3CCN(C)CC3)CC2)cc1. The predicted octanol–water partition coefficient (Wildman–Crippen LogP) is 2.07. The minimum Gasteiger partial charge on any atom is -0.367 e. The minimum absolute atomic E-state index is 0.0726. The number of hydrogen-bond acceptors (Lipinski definition) is 6. The van der Waals surface area contributed by atoms with Gasteiger partial charge in [0, 0.05) is 51.7 Å². The van der Waals surface area contributed by atoms with Crippen LogP contribution in [0.25, 0.3) is 0 Å². The third kappa shape index (κ3) is 4.90. The summed E-state index contributed by atoms with van der Waals surface area (Å²) in [6.07, 6.45) is 5.29. The van der Waals surface area contributed by atoms with Crippen LogP contribution in [0.5, 0.6) is 0 Å². The minimum atomic E-state index is 0.0726. The van der Waals surface area contributed by atoms with E-state index in [-0.39, 0.29) is 11.8 Å². The molecule has 3 heterocycles. The van der Waals surface area contributed by atoms with Gasteiger partial charge in [0.1, 0.15) is 6.33 Å². The van der Waals surface area contributed by atoms with E-state index >= 15 is 0 Å². The maximum absolute atomic E-state index is 12.7. The van der Waals surface area contributed by atoms with Gasteiger partial charge in [0.15, 0.2) is 5.82 Å². The average Bonchev–Trinajstić information content (AvgIpc) is 2.79. The van der Waals surface area contributed by atoms with E-state index < -0.39 is 0 Å². The molecule has 2 saturated heterocycles. The smallest absolute Gasteiger partial charge is 0.223 e. The largest absolute Gasteiger partial charge is 0.367 e. The summed E-state index contributed by atoms with van der Waals surface area (Å²) in [7, 11) is 2.16. The summed E-state index contributed by atoms with van der Waals surface area (Å²) in [6.45, 7) is 8.45. The number of benzene rings is 1. The number of amides is 1. The van der Waals surface area contributed by atoms with Crippen LogP contribution in [0.2, 0.25) is 0 Å². The van der Waals surface area contributed by atoms with Gasteiger partial charge < -0.3 is 20.0 Å². The third-order valence-corrected chi connectivity index (χ3v) is 6.27. The molecule has 0 spiro atoms. The number of piperazine rings is 1. The van der Waals surface area contributed by atoms with Crippen LogP contribution in [-0.2, 0) is 11.3 Å². The molecule has 7 heteroatoms. The number of aryl methyl sites for hydroxylation is 1. The Kier molecular flexibility index (Phi) is 6.47. The van der Waals surface area contributed by atoms with Crippen molar-refractivity contribution in [2.24, 2.45) is 5.92 Å². The van der Waals surface area contributed by atoms with E-state index in [2.05, 4.69) is 68.2 Å². The molecule has 1 amide bonds. The number of nitrogens with one attached hydrogen (secondary N) is 1. The summed E-state index contributed by atoms with van der Waals surface area (Å²) in [5.41, 5.74) is 3.48. The van der Waals surface area contributed by atoms with E-state index in [4.69, 9.17) is 0 Å². The molecule has 2 aromatic rings. The fourth-order valence-electron chi connectivity index (χ4n) is 4.22. The lowest BCUT2D eigenvalue weighted by atomic mass is 9.95. The maximum atomic E-state index is 12.7. The first-order valence-corrected chi connectivity index (χ1v) is 10.9. The molecule has 1 N–H and O–H groups in total. The molecule has 2 aliphatic heterocycles. The first-order chi connectivity index (χ1) is 14.6. The number of piperidine rings is 1. The zero-order valence-electron chi connectivity index (χ0n) is 18.0. The molecule has 0 bridgehead atoms. The standard InChI is InChI=1S/C23H32N6O/c1-18-3-5-19(6-4-18)15-25-23(30)20-7-9-28(10-8-20)21-16-24-17-26-22(21)29-13-11-27(2)12-14-29/h3-6,16-17,20H,7-15H2,1-2H3,(H,25,30). The molecular weight excluding hydrogens is 376 g/mol. The number of anilines is 2. The molecule has 7 nitrogen and oxygen atoms in total. The quantitative estimate of drug-likeness (QED) is 0.817. The van der Waals surface area contributed by atoms with Crippen molar-refractivity contribution in [2.45, 2.75) is 26.3 Å². The monoisotopic (exact) mass is 408 g/mol. The summed E-state index contributed by atoms with van der Waals surface area (Å²) in [6, 6.07) is 8.32. The van der Waals surface area contributed by atoms with Crippen LogP contribution >= 0.6 is 0 Å². The van der Waals surface area contributed by atoms with Crippen molar-refractivity contribution in [3.8, 4) is 0 Å². The number of carbonyl (C=O) groups excluding carboxylic acids is 1. The van der Waals surface area contributed by atoms with Crippen molar-refractivity contribution in [3.05, 3.63) is 47.9 Å². The van der Waals surface area contributed by atoms with E-state index in [1.54, 1.807) is 6.33 Å². The van der Waals surface area contributed by atoms with Crippen LogP contribution in [0, 0.1) is 12.8 Å². The molecule has 0 saturated carbocycles. The number of rotatable bonds is 5. The molecule has 2 fully saturated rings. The average molecular weight is 409 g/mol. The van der Waals surface area contributed by atoms with Crippen molar-refractivity contribution < 1.29 is 4.79 Å². The van der Waals surface area contributed by atoms with Gasteiger partial charge >= 0.3 is 0 Å². The lowest BCUT2D eigenvalue weighted by Crippen LogP contribution is -2.46. The molecule has 0 radical (unpaired) electrons. The Balaban J connectivity index is 1.32. The van der Waals surface area contributed by atoms with Gasteiger partial charge in [0.05, 0.1) is 11.9 Å². The first-order valence-electron chi connectivity index (χ1n) is 10.9. The predicted molar refractivity (Wildman–Crippen MR) is 120 cm³/mol. The highest BCUT2D eigenvalue weighted by Gasteiger charge is 2.28. The van der Waals surface area contributed by atoms with Crippen LogP contribution in [-0.4, -0.2) is 67.1 Å². The van der Waals surface area contributed by atoms with E-state index in [1.807, 2.05) is 6.20 Å². The van der Waals surface area contributed by atoms with Gasteiger partial charge in [0.25, 0.3) is 0 Å². The summed E-state index contributed by atoms with van der Waals surface area (Å²) >= 11 is 0. The van der Waals surface area contributed by atoms with Crippen molar-refractivity contribution in [2.75, 3.05) is 56.1 Å². The van der Waals surface area contributed by atoms with Gasteiger partial charge in [-0.15, -0.1) is 0 Å². The van der Waals surface area contributed by atoms with E-state index in [0.29, 0.717) is 6.54 Å². The van der Waals surface area contributed by atoms with Crippen LogP contribution in [0.3, 0.4) is 0 Å². The molecule has 0 aliphatic carbocycles. The van der Waals surface area contributed by atoms with Crippen LogP contribution in [0.4, 0.5) is 11.5 Å². The molecule has 0 atom stereocenters. The van der Waals surface area contributed by atoms with Crippen LogP contribution in [0.1, 0.15) is 24.0 Å². The van der Waals surface area contributed by atoms with Crippen LogP contribution in [0.15, 0.2) is 36.8 Å². The Bertz CT molecular complexity index is 839. The Labute approximate surface area is 179 Å². The second-order valence-electron chi connectivity index (χ2n) is 8.49. The Hall–Kier alpha value is -2.67. The molecule has 160 valence electrons. The lowest BCUT2D eigenvalue weighted by Gasteiger charge is -2.38. The fraction of sp³-hybridized carbons (Fsp3) is 0.522. The van der Waals surface area contributed by atoms with Gasteiger partial charge in [-0.1, -0.05) is 29.8 Å². The molecule has 4 rings (SSSR count). The van der Waals surface area contributed by atoms with Gasteiger partial charge in [-0.2, -0.15) is 0 Å². The number of carbonyl (C=O) groups is 1. The van der Waals surface area contributed by atoms with Gasteiger partial charge in [-0.05, 0) is 32.4 Å². The highest BCUT2D eigenvalue weighted by atomic mass is 16.1. The van der Waals surface area contributed by atoms with E-state index in [9.17, 15) is 4.79 Å². The van der Waals surface area contributed by atoms with Crippen molar-refractivity contribution >= 4 is 17.4 Å². The number of aromatic nitrogens is 2. The normalized spacial score (nSPS) is 18.5. The highest BCUT2D eigenvalue weighted by molar-refractivity contribution is 5.79. The fourth-order valence-corrected chi connectivity index (χ4v) is 4.22. The van der Waals surface area contributed by atoms with Crippen LogP contribution < -0.4 is 15.1 Å². The molecular formula is C23H32N6O. The second-order valence-corrected chi connectivity index (χ2v) is 8.49.